The Morgan fingerprint density at radius 2 is 2.50 bits per heavy atom. The normalized spacial score (nSPS) is 26.0. The van der Waals surface area contributed by atoms with Crippen molar-refractivity contribution in [1.29, 1.82) is 0 Å². The molecule has 1 fully saturated rings. The van der Waals surface area contributed by atoms with Gasteiger partial charge in [0, 0.05) is 26.3 Å². The lowest BCUT2D eigenvalue weighted by Gasteiger charge is -2.15. The van der Waals surface area contributed by atoms with Crippen molar-refractivity contribution in [3.8, 4) is 0 Å². The molecule has 1 aliphatic heterocycles. The maximum Gasteiger partial charge on any atom is 0.0700 e. The summed E-state index contributed by atoms with van der Waals surface area (Å²) >= 11 is 0. The molecule has 0 saturated carbocycles. The van der Waals surface area contributed by atoms with Gasteiger partial charge >= 0.3 is 0 Å². The standard InChI is InChI=1S/C9H19NO2/c1-8(7-11-2)10-6-9-4-3-5-12-9/h8-10H,3-7H2,1-2H3. The van der Waals surface area contributed by atoms with E-state index in [1.54, 1.807) is 7.11 Å². The molecule has 0 radical (unpaired) electrons. The monoisotopic (exact) mass is 173 g/mol. The van der Waals surface area contributed by atoms with Crippen molar-refractivity contribution in [2.24, 2.45) is 0 Å². The fourth-order valence-electron chi connectivity index (χ4n) is 1.45. The third kappa shape index (κ3) is 3.52. The molecular weight excluding hydrogens is 154 g/mol. The molecule has 0 bridgehead atoms. The van der Waals surface area contributed by atoms with Gasteiger partial charge in [-0.3, -0.25) is 0 Å². The van der Waals surface area contributed by atoms with Crippen LogP contribution in [0.2, 0.25) is 0 Å². The van der Waals surface area contributed by atoms with E-state index in [0.29, 0.717) is 12.1 Å². The fourth-order valence-corrected chi connectivity index (χ4v) is 1.45. The second-order valence-electron chi connectivity index (χ2n) is 3.40. The number of methoxy groups -OCH3 is 1. The first-order valence-corrected chi connectivity index (χ1v) is 4.67. The van der Waals surface area contributed by atoms with Gasteiger partial charge in [-0.1, -0.05) is 0 Å². The van der Waals surface area contributed by atoms with Crippen LogP contribution < -0.4 is 5.32 Å². The van der Waals surface area contributed by atoms with Gasteiger partial charge in [-0.05, 0) is 19.8 Å². The maximum atomic E-state index is 5.48. The molecule has 3 nitrogen and oxygen atoms in total. The molecule has 0 amide bonds. The molecule has 3 heteroatoms. The SMILES string of the molecule is COCC(C)NCC1CCCO1. The highest BCUT2D eigenvalue weighted by atomic mass is 16.5. The van der Waals surface area contributed by atoms with Crippen LogP contribution in [0.15, 0.2) is 0 Å². The lowest BCUT2D eigenvalue weighted by Crippen LogP contribution is -2.36. The van der Waals surface area contributed by atoms with Crippen molar-refractivity contribution >= 4 is 0 Å². The summed E-state index contributed by atoms with van der Waals surface area (Å²) in [5.41, 5.74) is 0. The summed E-state index contributed by atoms with van der Waals surface area (Å²) in [6.07, 6.45) is 2.85. The Kier molecular flexibility index (Phi) is 4.58. The van der Waals surface area contributed by atoms with Crippen LogP contribution in [-0.4, -0.2) is 39.0 Å². The third-order valence-corrected chi connectivity index (χ3v) is 2.13. The van der Waals surface area contributed by atoms with Gasteiger partial charge in [-0.2, -0.15) is 0 Å². The average molecular weight is 173 g/mol. The molecule has 1 aliphatic rings. The highest BCUT2D eigenvalue weighted by Gasteiger charge is 2.15. The summed E-state index contributed by atoms with van der Waals surface area (Å²) in [6, 6.07) is 0.430. The fraction of sp³-hybridized carbons (Fsp3) is 1.00. The van der Waals surface area contributed by atoms with E-state index in [-0.39, 0.29) is 0 Å². The summed E-state index contributed by atoms with van der Waals surface area (Å²) in [6.45, 7) is 4.79. The summed E-state index contributed by atoms with van der Waals surface area (Å²) in [7, 11) is 1.73. The van der Waals surface area contributed by atoms with Crippen molar-refractivity contribution in [1.82, 2.24) is 5.32 Å². The van der Waals surface area contributed by atoms with E-state index in [1.165, 1.54) is 12.8 Å². The van der Waals surface area contributed by atoms with Gasteiger partial charge in [-0.25, -0.2) is 0 Å². The lowest BCUT2D eigenvalue weighted by atomic mass is 10.2. The van der Waals surface area contributed by atoms with Crippen molar-refractivity contribution in [2.45, 2.75) is 31.9 Å². The van der Waals surface area contributed by atoms with E-state index >= 15 is 0 Å². The largest absolute Gasteiger partial charge is 0.383 e. The minimum absolute atomic E-state index is 0.430. The van der Waals surface area contributed by atoms with Crippen LogP contribution in [0.1, 0.15) is 19.8 Å². The Morgan fingerprint density at radius 3 is 3.08 bits per heavy atom. The first-order chi connectivity index (χ1) is 5.83. The van der Waals surface area contributed by atoms with Crippen LogP contribution in [0.25, 0.3) is 0 Å². The van der Waals surface area contributed by atoms with Gasteiger partial charge < -0.3 is 14.8 Å². The van der Waals surface area contributed by atoms with Gasteiger partial charge in [-0.15, -0.1) is 0 Å². The Morgan fingerprint density at radius 1 is 1.67 bits per heavy atom. The molecule has 0 aromatic carbocycles. The zero-order chi connectivity index (χ0) is 8.81. The van der Waals surface area contributed by atoms with E-state index in [4.69, 9.17) is 9.47 Å². The van der Waals surface area contributed by atoms with Gasteiger partial charge in [0.05, 0.1) is 12.7 Å². The van der Waals surface area contributed by atoms with E-state index in [0.717, 1.165) is 19.8 Å². The number of hydrogen-bond donors (Lipinski definition) is 1. The van der Waals surface area contributed by atoms with Crippen LogP contribution in [-0.2, 0) is 9.47 Å². The quantitative estimate of drug-likeness (QED) is 0.666. The molecule has 72 valence electrons. The van der Waals surface area contributed by atoms with Gasteiger partial charge in [0.2, 0.25) is 0 Å². The summed E-state index contributed by atoms with van der Waals surface area (Å²) < 4.78 is 10.5. The average Bonchev–Trinajstić information content (AvgIpc) is 2.53. The second-order valence-corrected chi connectivity index (χ2v) is 3.40. The number of ether oxygens (including phenoxy) is 2. The van der Waals surface area contributed by atoms with E-state index in [2.05, 4.69) is 12.2 Å². The zero-order valence-corrected chi connectivity index (χ0v) is 8.01. The molecule has 0 aliphatic carbocycles. The van der Waals surface area contributed by atoms with Crippen molar-refractivity contribution in [2.75, 3.05) is 26.9 Å². The Labute approximate surface area is 74.4 Å². The summed E-state index contributed by atoms with van der Waals surface area (Å²) in [5.74, 6) is 0. The zero-order valence-electron chi connectivity index (χ0n) is 8.01. The predicted molar refractivity (Wildman–Crippen MR) is 48.3 cm³/mol. The summed E-state index contributed by atoms with van der Waals surface area (Å²) in [5, 5.41) is 3.38. The minimum Gasteiger partial charge on any atom is -0.383 e. The highest BCUT2D eigenvalue weighted by Crippen LogP contribution is 2.10. The third-order valence-electron chi connectivity index (χ3n) is 2.13. The van der Waals surface area contributed by atoms with Gasteiger partial charge in [0.15, 0.2) is 0 Å². The van der Waals surface area contributed by atoms with Gasteiger partial charge in [0.1, 0.15) is 0 Å². The maximum absolute atomic E-state index is 5.48. The van der Waals surface area contributed by atoms with Crippen LogP contribution in [0, 0.1) is 0 Å². The van der Waals surface area contributed by atoms with E-state index in [1.807, 2.05) is 0 Å². The van der Waals surface area contributed by atoms with Crippen molar-refractivity contribution in [3.05, 3.63) is 0 Å². The smallest absolute Gasteiger partial charge is 0.0700 e. The van der Waals surface area contributed by atoms with Crippen molar-refractivity contribution in [3.63, 3.8) is 0 Å². The molecule has 0 spiro atoms. The Balaban J connectivity index is 1.99. The second kappa shape index (κ2) is 5.51. The predicted octanol–water partition coefficient (Wildman–Crippen LogP) is 0.790. The molecule has 2 atom stereocenters. The Hall–Kier alpha value is -0.120. The van der Waals surface area contributed by atoms with E-state index in [9.17, 15) is 0 Å². The van der Waals surface area contributed by atoms with Crippen LogP contribution in [0.4, 0.5) is 0 Å². The first-order valence-electron chi connectivity index (χ1n) is 4.67. The van der Waals surface area contributed by atoms with Gasteiger partial charge in [0.25, 0.3) is 0 Å². The number of rotatable bonds is 5. The molecule has 0 aromatic heterocycles. The molecule has 1 rings (SSSR count). The summed E-state index contributed by atoms with van der Waals surface area (Å²) in [4.78, 5) is 0. The van der Waals surface area contributed by atoms with E-state index < -0.39 is 0 Å². The van der Waals surface area contributed by atoms with Crippen LogP contribution in [0.5, 0.6) is 0 Å². The molecule has 0 aromatic rings. The van der Waals surface area contributed by atoms with Crippen LogP contribution in [0.3, 0.4) is 0 Å². The number of nitrogens with one attached hydrogen (secondary N) is 1. The highest BCUT2D eigenvalue weighted by molar-refractivity contribution is 4.69. The molecule has 1 saturated heterocycles. The number of hydrogen-bond acceptors (Lipinski definition) is 3. The lowest BCUT2D eigenvalue weighted by molar-refractivity contribution is 0.101. The minimum atomic E-state index is 0.430. The van der Waals surface area contributed by atoms with Crippen molar-refractivity contribution < 1.29 is 9.47 Å². The molecule has 12 heavy (non-hydrogen) atoms. The molecule has 2 unspecified atom stereocenters. The molecule has 1 N–H and O–H groups in total. The van der Waals surface area contributed by atoms with Crippen LogP contribution >= 0.6 is 0 Å². The molecular formula is C9H19NO2. The topological polar surface area (TPSA) is 30.5 Å². The Bertz CT molecular complexity index is 113. The molecule has 1 heterocycles. The first kappa shape index (κ1) is 9.96.